The van der Waals surface area contributed by atoms with Gasteiger partial charge in [0, 0.05) is 3.62 Å². The van der Waals surface area contributed by atoms with Crippen molar-refractivity contribution >= 4 is 61.4 Å². The Morgan fingerprint density at radius 1 is 0.500 bits per heavy atom. The molecule has 30 heavy (non-hydrogen) atoms. The van der Waals surface area contributed by atoms with E-state index in [1.165, 1.54) is 15.6 Å². The van der Waals surface area contributed by atoms with Crippen LogP contribution in [0.1, 0.15) is 0 Å². The second-order valence-electron chi connectivity index (χ2n) is 9.73. The van der Waals surface area contributed by atoms with Gasteiger partial charge in [-0.05, 0) is 10.7 Å². The molecule has 0 aromatic heterocycles. The van der Waals surface area contributed by atoms with E-state index in [1.807, 2.05) is 0 Å². The third-order valence-electron chi connectivity index (χ3n) is 7.24. The summed E-state index contributed by atoms with van der Waals surface area (Å²) in [6.45, 7) is 15.4. The Labute approximate surface area is 194 Å². The van der Waals surface area contributed by atoms with Crippen LogP contribution in [-0.2, 0) is 0 Å². The van der Waals surface area contributed by atoms with E-state index in [2.05, 4.69) is 130 Å². The zero-order valence-electron chi connectivity index (χ0n) is 18.9. The van der Waals surface area contributed by atoms with Crippen molar-refractivity contribution in [2.45, 2.75) is 42.9 Å². The summed E-state index contributed by atoms with van der Waals surface area (Å²) in [6.07, 6.45) is 0. The lowest BCUT2D eigenvalue weighted by atomic mass is 10.4. The van der Waals surface area contributed by atoms with Gasteiger partial charge in [0.1, 0.15) is 0 Å². The number of hydrogen-bond donors (Lipinski definition) is 0. The van der Waals surface area contributed by atoms with Gasteiger partial charge in [-0.1, -0.05) is 157 Å². The Morgan fingerprint density at radius 3 is 0.933 bits per heavy atom. The average molecular weight is 485 g/mol. The molecule has 0 aliphatic carbocycles. The predicted octanol–water partition coefficient (Wildman–Crippen LogP) is 6.08. The smallest absolute Gasteiger partial charge is 0.0648 e. The van der Waals surface area contributed by atoms with Gasteiger partial charge in [-0.15, -0.1) is 0 Å². The van der Waals surface area contributed by atoms with Crippen molar-refractivity contribution in [1.82, 2.24) is 0 Å². The highest BCUT2D eigenvalue weighted by Gasteiger charge is 2.67. The van der Waals surface area contributed by atoms with Gasteiger partial charge in [0.15, 0.2) is 0 Å². The SMILES string of the molecule is C[Si](C)(c1ccccc1)C(SCl)([Si](C)(C)c1ccccc1)[Si](C)(C)c1ccccc1. The molecule has 0 N–H and O–H groups in total. The fourth-order valence-electron chi connectivity index (χ4n) is 5.81. The minimum atomic E-state index is -2.04. The summed E-state index contributed by atoms with van der Waals surface area (Å²) in [4.78, 5) is 0. The van der Waals surface area contributed by atoms with E-state index in [-0.39, 0.29) is 3.62 Å². The van der Waals surface area contributed by atoms with Gasteiger partial charge >= 0.3 is 0 Å². The first-order valence-corrected chi connectivity index (χ1v) is 21.2. The normalized spacial score (nSPS) is 13.3. The lowest BCUT2D eigenvalue weighted by molar-refractivity contribution is 1.33. The molecular weight excluding hydrogens is 452 g/mol. The Bertz CT molecular complexity index is 832. The van der Waals surface area contributed by atoms with E-state index in [0.717, 1.165) is 0 Å². The Kier molecular flexibility index (Phi) is 6.95. The highest BCUT2D eigenvalue weighted by atomic mass is 35.7. The molecule has 0 aliphatic rings. The average Bonchev–Trinajstić information content (AvgIpc) is 2.76. The lowest BCUT2D eigenvalue weighted by Crippen LogP contribution is -2.86. The fraction of sp³-hybridized carbons (Fsp3) is 0.280. The maximum absolute atomic E-state index is 7.15. The molecular formula is C25H33ClSSi3. The third-order valence-corrected chi connectivity index (χ3v) is 36.7. The lowest BCUT2D eigenvalue weighted by Gasteiger charge is -2.60. The molecule has 0 aliphatic heterocycles. The standard InChI is InChI=1S/C25H33ClSSi3/c1-28(2,22-16-10-7-11-17-22)25(27-26,29(3,4)23-18-12-8-13-19-23)30(5,6)24-20-14-9-15-21-24/h7-21H,1-6H3. The van der Waals surface area contributed by atoms with Crippen LogP contribution >= 0.6 is 21.7 Å². The summed E-state index contributed by atoms with van der Waals surface area (Å²) in [5.74, 6) is 0. The zero-order valence-corrected chi connectivity index (χ0v) is 23.5. The molecule has 3 aromatic rings. The molecule has 0 nitrogen and oxygen atoms in total. The number of rotatable bonds is 7. The maximum Gasteiger partial charge on any atom is 0.0939 e. The van der Waals surface area contributed by atoms with Crippen molar-refractivity contribution in [3.63, 3.8) is 0 Å². The van der Waals surface area contributed by atoms with Gasteiger partial charge in [-0.25, -0.2) is 0 Å². The molecule has 0 fully saturated rings. The Balaban J connectivity index is 2.39. The van der Waals surface area contributed by atoms with Crippen LogP contribution in [0, 0.1) is 0 Å². The van der Waals surface area contributed by atoms with Crippen molar-refractivity contribution in [2.24, 2.45) is 0 Å². The summed E-state index contributed by atoms with van der Waals surface area (Å²) in [5.41, 5.74) is 0. The molecule has 0 saturated carbocycles. The van der Waals surface area contributed by atoms with Gasteiger partial charge in [-0.3, -0.25) is 0 Å². The molecule has 5 heteroatoms. The molecule has 0 heterocycles. The molecule has 0 spiro atoms. The predicted molar refractivity (Wildman–Crippen MR) is 147 cm³/mol. The van der Waals surface area contributed by atoms with E-state index < -0.39 is 24.2 Å². The number of halogens is 1. The van der Waals surface area contributed by atoms with Crippen LogP contribution in [0.15, 0.2) is 91.0 Å². The second kappa shape index (κ2) is 8.83. The summed E-state index contributed by atoms with van der Waals surface area (Å²) in [5, 5.41) is 4.52. The summed E-state index contributed by atoms with van der Waals surface area (Å²) < 4.78 is 0.0403. The molecule has 0 unspecified atom stereocenters. The monoisotopic (exact) mass is 484 g/mol. The van der Waals surface area contributed by atoms with Gasteiger partial charge in [0.2, 0.25) is 0 Å². The molecule has 3 rings (SSSR count). The number of benzene rings is 3. The van der Waals surface area contributed by atoms with E-state index in [9.17, 15) is 0 Å². The summed E-state index contributed by atoms with van der Waals surface area (Å²) in [7, 11) is 2.71. The van der Waals surface area contributed by atoms with Crippen molar-refractivity contribution in [3.05, 3.63) is 91.0 Å². The first-order valence-electron chi connectivity index (χ1n) is 10.6. The second-order valence-corrected chi connectivity index (χ2v) is 27.3. The molecule has 3 aromatic carbocycles. The molecule has 158 valence electrons. The van der Waals surface area contributed by atoms with Crippen LogP contribution in [0.5, 0.6) is 0 Å². The van der Waals surface area contributed by atoms with Crippen LogP contribution < -0.4 is 15.6 Å². The van der Waals surface area contributed by atoms with E-state index >= 15 is 0 Å². The van der Waals surface area contributed by atoms with Crippen molar-refractivity contribution in [3.8, 4) is 0 Å². The van der Waals surface area contributed by atoms with Gasteiger partial charge < -0.3 is 0 Å². The van der Waals surface area contributed by atoms with Crippen LogP contribution in [0.4, 0.5) is 0 Å². The molecule has 0 amide bonds. The quantitative estimate of drug-likeness (QED) is 0.366. The molecule has 0 bridgehead atoms. The van der Waals surface area contributed by atoms with Gasteiger partial charge in [-0.2, -0.15) is 0 Å². The minimum absolute atomic E-state index is 0.0403. The Morgan fingerprint density at radius 2 is 0.733 bits per heavy atom. The topological polar surface area (TPSA) is 0 Å². The summed E-state index contributed by atoms with van der Waals surface area (Å²) in [6, 6.07) is 33.6. The molecule has 0 saturated heterocycles. The van der Waals surface area contributed by atoms with Crippen molar-refractivity contribution in [1.29, 1.82) is 0 Å². The fourth-order valence-corrected chi connectivity index (χ4v) is 40.0. The van der Waals surface area contributed by atoms with Gasteiger partial charge in [0.05, 0.1) is 24.2 Å². The third kappa shape index (κ3) is 3.61. The highest BCUT2D eigenvalue weighted by Crippen LogP contribution is 2.50. The first-order chi connectivity index (χ1) is 14.1. The Hall–Kier alpha value is -1.05. The first kappa shape index (κ1) is 23.6. The van der Waals surface area contributed by atoms with Crippen LogP contribution in [0.25, 0.3) is 0 Å². The molecule has 0 atom stereocenters. The van der Waals surface area contributed by atoms with E-state index in [0.29, 0.717) is 0 Å². The molecule has 0 radical (unpaired) electrons. The van der Waals surface area contributed by atoms with Crippen LogP contribution in [0.2, 0.25) is 39.3 Å². The van der Waals surface area contributed by atoms with Crippen molar-refractivity contribution < 1.29 is 0 Å². The number of hydrogen-bond acceptors (Lipinski definition) is 1. The summed E-state index contributed by atoms with van der Waals surface area (Å²) >= 11 is 0. The van der Waals surface area contributed by atoms with Crippen LogP contribution in [0.3, 0.4) is 0 Å². The van der Waals surface area contributed by atoms with E-state index in [1.54, 1.807) is 11.0 Å². The highest BCUT2D eigenvalue weighted by molar-refractivity contribution is 8.26. The van der Waals surface area contributed by atoms with Gasteiger partial charge in [0.25, 0.3) is 0 Å². The maximum atomic E-state index is 7.15. The van der Waals surface area contributed by atoms with E-state index in [4.69, 9.17) is 10.7 Å². The zero-order chi connectivity index (χ0) is 22.0. The minimum Gasteiger partial charge on any atom is -0.0648 e. The van der Waals surface area contributed by atoms with Crippen LogP contribution in [-0.4, -0.2) is 27.8 Å². The largest absolute Gasteiger partial charge is 0.0939 e. The van der Waals surface area contributed by atoms with Crippen molar-refractivity contribution in [2.75, 3.05) is 0 Å².